The number of benzene rings is 1. The number of unbranched alkanes of at least 4 members (excludes halogenated alkanes) is 3. The van der Waals surface area contributed by atoms with Gasteiger partial charge in [-0.2, -0.15) is 0 Å². The van der Waals surface area contributed by atoms with E-state index in [9.17, 15) is 9.59 Å². The van der Waals surface area contributed by atoms with Crippen molar-refractivity contribution in [2.45, 2.75) is 51.4 Å². The van der Waals surface area contributed by atoms with E-state index in [1.807, 2.05) is 18.2 Å². The van der Waals surface area contributed by atoms with Gasteiger partial charge in [0.15, 0.2) is 0 Å². The molecule has 1 amide bonds. The highest BCUT2D eigenvalue weighted by molar-refractivity contribution is 5.85. The van der Waals surface area contributed by atoms with Crippen molar-refractivity contribution in [3.63, 3.8) is 0 Å². The Hall–Kier alpha value is -1.84. The average molecular weight is 303 g/mol. The van der Waals surface area contributed by atoms with Crippen LogP contribution in [-0.4, -0.2) is 23.5 Å². The van der Waals surface area contributed by atoms with Crippen LogP contribution in [0.3, 0.4) is 0 Å². The number of hydrogen-bond donors (Lipinski definition) is 2. The molecule has 1 aromatic carbocycles. The Labute approximate surface area is 131 Å². The normalized spacial score (nSPS) is 15.3. The summed E-state index contributed by atoms with van der Waals surface area (Å²) in [5, 5.41) is 11.6. The number of rotatable bonds is 10. The molecule has 0 spiro atoms. The second-order valence-corrected chi connectivity index (χ2v) is 6.26. The van der Waals surface area contributed by atoms with Crippen LogP contribution in [0.2, 0.25) is 0 Å². The van der Waals surface area contributed by atoms with E-state index < -0.39 is 5.97 Å². The minimum absolute atomic E-state index is 0.176. The summed E-state index contributed by atoms with van der Waals surface area (Å²) in [6, 6.07) is 10.2. The van der Waals surface area contributed by atoms with Gasteiger partial charge < -0.3 is 10.4 Å². The highest BCUT2D eigenvalue weighted by atomic mass is 16.4. The van der Waals surface area contributed by atoms with Gasteiger partial charge in [0.2, 0.25) is 5.91 Å². The van der Waals surface area contributed by atoms with Gasteiger partial charge in [0.25, 0.3) is 0 Å². The van der Waals surface area contributed by atoms with E-state index in [2.05, 4.69) is 17.4 Å². The summed E-state index contributed by atoms with van der Waals surface area (Å²) in [6.45, 7) is 0.697. The number of nitrogens with one attached hydrogen (secondary N) is 1. The van der Waals surface area contributed by atoms with Crippen molar-refractivity contribution in [3.05, 3.63) is 35.9 Å². The van der Waals surface area contributed by atoms with Gasteiger partial charge in [0, 0.05) is 13.0 Å². The molecule has 2 N–H and O–H groups in total. The average Bonchev–Trinajstić information content (AvgIpc) is 3.27. The molecule has 4 nitrogen and oxygen atoms in total. The lowest BCUT2D eigenvalue weighted by molar-refractivity contribution is -0.137. The van der Waals surface area contributed by atoms with Crippen LogP contribution in [0.25, 0.3) is 0 Å². The van der Waals surface area contributed by atoms with Gasteiger partial charge >= 0.3 is 5.97 Å². The Morgan fingerprint density at radius 1 is 1.05 bits per heavy atom. The van der Waals surface area contributed by atoms with Crippen LogP contribution >= 0.6 is 0 Å². The molecular weight excluding hydrogens is 278 g/mol. The van der Waals surface area contributed by atoms with Crippen LogP contribution in [0.5, 0.6) is 0 Å². The smallest absolute Gasteiger partial charge is 0.303 e. The first-order valence-electron chi connectivity index (χ1n) is 8.16. The molecule has 1 aromatic rings. The maximum absolute atomic E-state index is 12.3. The zero-order chi connectivity index (χ0) is 15.8. The summed E-state index contributed by atoms with van der Waals surface area (Å²) >= 11 is 0. The third kappa shape index (κ3) is 5.17. The molecule has 0 aromatic heterocycles. The van der Waals surface area contributed by atoms with Gasteiger partial charge in [-0.25, -0.2) is 0 Å². The molecule has 1 saturated carbocycles. The molecule has 0 atom stereocenters. The number of carboxylic acid groups (broad SMARTS) is 1. The van der Waals surface area contributed by atoms with E-state index in [4.69, 9.17) is 5.11 Å². The molecular formula is C18H25NO3. The molecule has 0 unspecified atom stereocenters. The summed E-state index contributed by atoms with van der Waals surface area (Å²) < 4.78 is 0. The fraction of sp³-hybridized carbons (Fsp3) is 0.556. The molecule has 120 valence electrons. The van der Waals surface area contributed by atoms with Crippen molar-refractivity contribution >= 4 is 11.9 Å². The van der Waals surface area contributed by atoms with E-state index in [0.717, 1.165) is 44.9 Å². The number of carboxylic acids is 1. The molecule has 0 bridgehead atoms. The van der Waals surface area contributed by atoms with Crippen LogP contribution in [0.15, 0.2) is 30.3 Å². The lowest BCUT2D eigenvalue weighted by atomic mass is 9.95. The predicted molar refractivity (Wildman–Crippen MR) is 85.5 cm³/mol. The summed E-state index contributed by atoms with van der Waals surface area (Å²) in [4.78, 5) is 22.7. The first-order valence-corrected chi connectivity index (χ1v) is 8.16. The predicted octanol–water partition coefficient (Wildman–Crippen LogP) is 3.16. The van der Waals surface area contributed by atoms with Crippen LogP contribution in [0.1, 0.15) is 50.5 Å². The Kier molecular flexibility index (Phi) is 5.99. The van der Waals surface area contributed by atoms with Crippen molar-refractivity contribution in [2.75, 3.05) is 6.54 Å². The highest BCUT2D eigenvalue weighted by Crippen LogP contribution is 2.48. The molecule has 1 aliphatic carbocycles. The maximum Gasteiger partial charge on any atom is 0.303 e. The lowest BCUT2D eigenvalue weighted by Gasteiger charge is -2.15. The first-order chi connectivity index (χ1) is 10.6. The fourth-order valence-corrected chi connectivity index (χ4v) is 2.77. The topological polar surface area (TPSA) is 66.4 Å². The van der Waals surface area contributed by atoms with Gasteiger partial charge in [0.1, 0.15) is 0 Å². The number of aliphatic carboxylic acids is 1. The minimum Gasteiger partial charge on any atom is -0.481 e. The largest absolute Gasteiger partial charge is 0.481 e. The summed E-state index contributed by atoms with van der Waals surface area (Å²) in [6.07, 6.45) is 6.56. The Bertz CT molecular complexity index is 494. The van der Waals surface area contributed by atoms with Gasteiger partial charge in [-0.05, 0) is 37.7 Å². The number of carbonyl (C=O) groups excluding carboxylic acids is 1. The molecule has 0 heterocycles. The third-order valence-electron chi connectivity index (χ3n) is 4.32. The van der Waals surface area contributed by atoms with Gasteiger partial charge in [-0.15, -0.1) is 0 Å². The number of carbonyl (C=O) groups is 2. The van der Waals surface area contributed by atoms with Crippen molar-refractivity contribution in [1.29, 1.82) is 0 Å². The van der Waals surface area contributed by atoms with E-state index >= 15 is 0 Å². The highest BCUT2D eigenvalue weighted by Gasteiger charge is 2.49. The maximum atomic E-state index is 12.3. The molecule has 4 heteroatoms. The number of hydrogen-bond acceptors (Lipinski definition) is 2. The van der Waals surface area contributed by atoms with Crippen molar-refractivity contribution < 1.29 is 14.7 Å². The van der Waals surface area contributed by atoms with Crippen molar-refractivity contribution in [3.8, 4) is 0 Å². The fourth-order valence-electron chi connectivity index (χ4n) is 2.77. The van der Waals surface area contributed by atoms with Crippen molar-refractivity contribution in [2.24, 2.45) is 5.41 Å². The quantitative estimate of drug-likeness (QED) is 0.652. The number of amides is 1. The van der Waals surface area contributed by atoms with Gasteiger partial charge in [-0.1, -0.05) is 43.2 Å². The molecule has 0 aliphatic heterocycles. The third-order valence-corrected chi connectivity index (χ3v) is 4.32. The zero-order valence-electron chi connectivity index (χ0n) is 13.0. The van der Waals surface area contributed by atoms with Crippen LogP contribution in [0, 0.1) is 5.41 Å². The lowest BCUT2D eigenvalue weighted by Crippen LogP contribution is -2.34. The molecule has 22 heavy (non-hydrogen) atoms. The van der Waals surface area contributed by atoms with Gasteiger partial charge in [-0.3, -0.25) is 9.59 Å². The van der Waals surface area contributed by atoms with E-state index in [-0.39, 0.29) is 17.7 Å². The minimum atomic E-state index is -0.732. The van der Waals surface area contributed by atoms with Crippen molar-refractivity contribution in [1.82, 2.24) is 5.32 Å². The summed E-state index contributed by atoms with van der Waals surface area (Å²) in [5.74, 6) is -0.549. The van der Waals surface area contributed by atoms with E-state index in [1.165, 1.54) is 5.56 Å². The summed E-state index contributed by atoms with van der Waals surface area (Å²) in [7, 11) is 0. The van der Waals surface area contributed by atoms with E-state index in [1.54, 1.807) is 0 Å². The van der Waals surface area contributed by atoms with E-state index in [0.29, 0.717) is 6.54 Å². The molecule has 1 aliphatic rings. The monoisotopic (exact) mass is 303 g/mol. The molecule has 1 fully saturated rings. The Morgan fingerprint density at radius 3 is 2.36 bits per heavy atom. The second kappa shape index (κ2) is 7.97. The second-order valence-electron chi connectivity index (χ2n) is 6.26. The summed E-state index contributed by atoms with van der Waals surface area (Å²) in [5.41, 5.74) is 1.05. The molecule has 0 saturated heterocycles. The SMILES string of the molecule is O=C(O)CCCCCCNC(=O)C1(Cc2ccccc2)CC1. The standard InChI is InChI=1S/C18H25NO3/c20-16(21)10-6-1-2-7-13-19-17(22)18(11-12-18)14-15-8-4-3-5-9-15/h3-5,8-9H,1-2,6-7,10-14H2,(H,19,22)(H,20,21). The van der Waals surface area contributed by atoms with Crippen LogP contribution < -0.4 is 5.32 Å². The van der Waals surface area contributed by atoms with Crippen LogP contribution in [0.4, 0.5) is 0 Å². The molecule has 0 radical (unpaired) electrons. The van der Waals surface area contributed by atoms with Crippen LogP contribution in [-0.2, 0) is 16.0 Å². The van der Waals surface area contributed by atoms with Gasteiger partial charge in [0.05, 0.1) is 5.41 Å². The first kappa shape index (κ1) is 16.5. The Morgan fingerprint density at radius 2 is 1.73 bits per heavy atom. The zero-order valence-corrected chi connectivity index (χ0v) is 13.0. The molecule has 2 rings (SSSR count). The Balaban J connectivity index is 1.62.